The van der Waals surface area contributed by atoms with Crippen molar-refractivity contribution in [2.24, 2.45) is 5.73 Å². The molecule has 1 aliphatic rings. The van der Waals surface area contributed by atoms with Crippen molar-refractivity contribution < 1.29 is 33.4 Å². The van der Waals surface area contributed by atoms with Crippen LogP contribution < -0.4 is 15.2 Å². The lowest BCUT2D eigenvalue weighted by molar-refractivity contribution is -0.148. The summed E-state index contributed by atoms with van der Waals surface area (Å²) in [5, 5.41) is -0.558. The van der Waals surface area contributed by atoms with Crippen LogP contribution in [0.5, 0.6) is 11.5 Å². The maximum Gasteiger partial charge on any atom is 0.328 e. The van der Waals surface area contributed by atoms with Gasteiger partial charge in [0.25, 0.3) is 17.1 Å². The van der Waals surface area contributed by atoms with Crippen LogP contribution in [0.2, 0.25) is 0 Å². The van der Waals surface area contributed by atoms with Gasteiger partial charge in [0.1, 0.15) is 6.04 Å². The number of nitrogens with two attached hydrogens (primary N) is 1. The minimum atomic E-state index is -1.02. The Morgan fingerprint density at radius 2 is 1.96 bits per heavy atom. The Balaban J connectivity index is 2.25. The second kappa shape index (κ2) is 8.58. The molecule has 9 nitrogen and oxygen atoms in total. The molecule has 144 valence electrons. The molecule has 2 N–H and O–H groups in total. The van der Waals surface area contributed by atoms with E-state index in [0.29, 0.717) is 17.1 Å². The molecule has 1 aromatic rings. The van der Waals surface area contributed by atoms with Gasteiger partial charge in [0.2, 0.25) is 0 Å². The van der Waals surface area contributed by atoms with Gasteiger partial charge in [-0.25, -0.2) is 4.79 Å². The molecular formula is C17H18N2O7S. The predicted molar refractivity (Wildman–Crippen MR) is 97.0 cm³/mol. The fourth-order valence-corrected chi connectivity index (χ4v) is 3.19. The normalized spacial score (nSPS) is 16.4. The number of amides is 3. The number of benzene rings is 1. The maximum atomic E-state index is 12.5. The molecule has 1 atom stereocenters. The van der Waals surface area contributed by atoms with E-state index < -0.39 is 29.1 Å². The van der Waals surface area contributed by atoms with Crippen LogP contribution in [-0.2, 0) is 19.1 Å². The SMILES string of the molecule is COC(=O)[C@H](C)N1C(=O)S/C(=C/c2ccc(OCC(N)=O)c(OC)c2)C1=O. The first kappa shape index (κ1) is 20.3. The molecule has 27 heavy (non-hydrogen) atoms. The van der Waals surface area contributed by atoms with Gasteiger partial charge in [0.15, 0.2) is 18.1 Å². The summed E-state index contributed by atoms with van der Waals surface area (Å²) in [6.45, 7) is 1.11. The zero-order valence-electron chi connectivity index (χ0n) is 14.9. The number of hydrogen-bond acceptors (Lipinski definition) is 8. The maximum absolute atomic E-state index is 12.5. The quantitative estimate of drug-likeness (QED) is 0.539. The molecule has 0 aliphatic carbocycles. The standard InChI is InChI=1S/C17H18N2O7S/c1-9(16(22)25-3)19-15(21)13(27-17(19)23)7-10-4-5-11(12(6-10)24-2)26-8-14(18)20/h4-7,9H,8H2,1-3H3,(H2,18,20)/b13-7+/t9-/m0/s1. The molecule has 0 spiro atoms. The Kier molecular flexibility index (Phi) is 6.45. The molecule has 1 saturated heterocycles. The van der Waals surface area contributed by atoms with Gasteiger partial charge < -0.3 is 19.9 Å². The summed E-state index contributed by atoms with van der Waals surface area (Å²) in [7, 11) is 2.60. The van der Waals surface area contributed by atoms with E-state index in [4.69, 9.17) is 15.2 Å². The number of esters is 1. The zero-order valence-corrected chi connectivity index (χ0v) is 15.7. The highest BCUT2D eigenvalue weighted by Crippen LogP contribution is 2.35. The third kappa shape index (κ3) is 4.59. The summed E-state index contributed by atoms with van der Waals surface area (Å²) >= 11 is 0.722. The number of rotatable bonds is 7. The molecular weight excluding hydrogens is 376 g/mol. The Morgan fingerprint density at radius 1 is 1.26 bits per heavy atom. The minimum Gasteiger partial charge on any atom is -0.493 e. The molecule has 10 heteroatoms. The number of imide groups is 1. The smallest absolute Gasteiger partial charge is 0.328 e. The van der Waals surface area contributed by atoms with Crippen molar-refractivity contribution in [1.82, 2.24) is 4.90 Å². The van der Waals surface area contributed by atoms with Crippen LogP contribution in [0.15, 0.2) is 23.1 Å². The fourth-order valence-electron chi connectivity index (χ4n) is 2.28. The van der Waals surface area contributed by atoms with E-state index in [1.54, 1.807) is 18.2 Å². The predicted octanol–water partition coefficient (Wildman–Crippen LogP) is 1.16. The lowest BCUT2D eigenvalue weighted by Crippen LogP contribution is -2.42. The Bertz CT molecular complexity index is 821. The number of nitrogens with zero attached hydrogens (tertiary/aromatic N) is 1. The highest BCUT2D eigenvalue weighted by Gasteiger charge is 2.41. The van der Waals surface area contributed by atoms with E-state index in [1.165, 1.54) is 27.2 Å². The van der Waals surface area contributed by atoms with Gasteiger partial charge in [-0.05, 0) is 42.5 Å². The molecule has 0 unspecified atom stereocenters. The highest BCUT2D eigenvalue weighted by molar-refractivity contribution is 8.18. The van der Waals surface area contributed by atoms with Crippen molar-refractivity contribution in [3.8, 4) is 11.5 Å². The molecule has 0 aromatic heterocycles. The van der Waals surface area contributed by atoms with E-state index in [1.807, 2.05) is 0 Å². The summed E-state index contributed by atoms with van der Waals surface area (Å²) in [4.78, 5) is 48.0. The second-order valence-electron chi connectivity index (χ2n) is 5.42. The van der Waals surface area contributed by atoms with Gasteiger partial charge in [-0.3, -0.25) is 19.3 Å². The number of hydrogen-bond donors (Lipinski definition) is 1. The number of carbonyl (C=O) groups is 4. The Morgan fingerprint density at radius 3 is 2.56 bits per heavy atom. The van der Waals surface area contributed by atoms with E-state index in [0.717, 1.165) is 16.7 Å². The van der Waals surface area contributed by atoms with Crippen molar-refractivity contribution in [2.45, 2.75) is 13.0 Å². The van der Waals surface area contributed by atoms with Crippen LogP contribution in [0.25, 0.3) is 6.08 Å². The van der Waals surface area contributed by atoms with Crippen molar-refractivity contribution in [3.05, 3.63) is 28.7 Å². The van der Waals surface area contributed by atoms with E-state index in [-0.39, 0.29) is 11.5 Å². The van der Waals surface area contributed by atoms with Gasteiger partial charge in [-0.15, -0.1) is 0 Å². The molecule has 1 fully saturated rings. The lowest BCUT2D eigenvalue weighted by atomic mass is 10.1. The van der Waals surface area contributed by atoms with Gasteiger partial charge in [0, 0.05) is 0 Å². The highest BCUT2D eigenvalue weighted by atomic mass is 32.2. The third-order valence-electron chi connectivity index (χ3n) is 3.61. The van der Waals surface area contributed by atoms with E-state index in [9.17, 15) is 19.2 Å². The number of primary amides is 1. The molecule has 1 heterocycles. The van der Waals surface area contributed by atoms with Gasteiger partial charge in [-0.1, -0.05) is 6.07 Å². The number of carbonyl (C=O) groups excluding carboxylic acids is 4. The lowest BCUT2D eigenvalue weighted by Gasteiger charge is -2.18. The van der Waals surface area contributed by atoms with Crippen molar-refractivity contribution in [1.29, 1.82) is 0 Å². The summed E-state index contributed by atoms with van der Waals surface area (Å²) in [6.07, 6.45) is 1.50. The van der Waals surface area contributed by atoms with Crippen molar-refractivity contribution >= 4 is 40.9 Å². The topological polar surface area (TPSA) is 125 Å². The third-order valence-corrected chi connectivity index (χ3v) is 4.49. The molecule has 0 radical (unpaired) electrons. The zero-order chi connectivity index (χ0) is 20.1. The number of methoxy groups -OCH3 is 2. The molecule has 1 aromatic carbocycles. The molecule has 1 aliphatic heterocycles. The van der Waals surface area contributed by atoms with Gasteiger partial charge in [0.05, 0.1) is 19.1 Å². The monoisotopic (exact) mass is 394 g/mol. The summed E-state index contributed by atoms with van der Waals surface area (Å²) < 4.78 is 15.0. The first-order valence-electron chi connectivity index (χ1n) is 7.72. The number of thioether (sulfide) groups is 1. The second-order valence-corrected chi connectivity index (χ2v) is 6.41. The molecule has 2 rings (SSSR count). The summed E-state index contributed by atoms with van der Waals surface area (Å²) in [5.74, 6) is -1.27. The van der Waals surface area contributed by atoms with Crippen LogP contribution in [-0.4, -0.2) is 54.8 Å². The molecule has 0 bridgehead atoms. The number of ether oxygens (including phenoxy) is 3. The first-order valence-corrected chi connectivity index (χ1v) is 8.54. The van der Waals surface area contributed by atoms with E-state index >= 15 is 0 Å². The van der Waals surface area contributed by atoms with Gasteiger partial charge >= 0.3 is 5.97 Å². The average Bonchev–Trinajstić information content (AvgIpc) is 2.92. The molecule has 0 saturated carbocycles. The van der Waals surface area contributed by atoms with E-state index in [2.05, 4.69) is 4.74 Å². The molecule has 3 amide bonds. The van der Waals surface area contributed by atoms with Crippen molar-refractivity contribution in [3.63, 3.8) is 0 Å². The van der Waals surface area contributed by atoms with Crippen LogP contribution in [0.4, 0.5) is 4.79 Å². The Hall–Kier alpha value is -3.01. The van der Waals surface area contributed by atoms with Crippen molar-refractivity contribution in [2.75, 3.05) is 20.8 Å². The minimum absolute atomic E-state index is 0.156. The largest absolute Gasteiger partial charge is 0.493 e. The average molecular weight is 394 g/mol. The summed E-state index contributed by atoms with van der Waals surface area (Å²) in [6, 6.07) is 3.73. The Labute approximate surface area is 159 Å². The van der Waals surface area contributed by atoms with Crippen LogP contribution in [0.1, 0.15) is 12.5 Å². The van der Waals surface area contributed by atoms with Crippen LogP contribution in [0.3, 0.4) is 0 Å². The summed E-state index contributed by atoms with van der Waals surface area (Å²) in [5.41, 5.74) is 5.61. The fraction of sp³-hybridized carbons (Fsp3) is 0.294. The van der Waals surface area contributed by atoms with Gasteiger partial charge in [-0.2, -0.15) is 0 Å². The first-order chi connectivity index (χ1) is 12.8. The van der Waals surface area contributed by atoms with Crippen LogP contribution >= 0.6 is 11.8 Å². The van der Waals surface area contributed by atoms with Crippen LogP contribution in [0, 0.1) is 0 Å².